The molecule has 1 aromatic carbocycles. The van der Waals surface area contributed by atoms with Gasteiger partial charge in [0.2, 0.25) is 0 Å². The number of hydrogen-bond donors (Lipinski definition) is 0. The van der Waals surface area contributed by atoms with Gasteiger partial charge in [-0.2, -0.15) is 0 Å². The van der Waals surface area contributed by atoms with Crippen LogP contribution in [-0.2, 0) is 0 Å². The molecule has 0 aliphatic carbocycles. The standard InChI is InChI=1S/C12H14F4/c13-6-11(10-4-2-1-3-5-10)12(7-14,8-15)9-16/h1-5,11H,6-9H2. The highest BCUT2D eigenvalue weighted by atomic mass is 19.2. The van der Waals surface area contributed by atoms with Crippen LogP contribution in [0.1, 0.15) is 11.5 Å². The average molecular weight is 234 g/mol. The molecule has 4 heteroatoms. The molecular formula is C12H14F4. The molecule has 0 saturated carbocycles. The zero-order valence-corrected chi connectivity index (χ0v) is 8.80. The summed E-state index contributed by atoms with van der Waals surface area (Å²) in [6.07, 6.45) is 0. The number of rotatable bonds is 6. The van der Waals surface area contributed by atoms with E-state index >= 15 is 0 Å². The molecule has 0 saturated heterocycles. The monoisotopic (exact) mass is 234 g/mol. The van der Waals surface area contributed by atoms with Crippen LogP contribution in [0.3, 0.4) is 0 Å². The van der Waals surface area contributed by atoms with Crippen molar-refractivity contribution in [2.45, 2.75) is 5.92 Å². The van der Waals surface area contributed by atoms with Gasteiger partial charge in [0.1, 0.15) is 20.0 Å². The van der Waals surface area contributed by atoms with Gasteiger partial charge in [0.05, 0.1) is 12.1 Å². The zero-order valence-electron chi connectivity index (χ0n) is 8.80. The Morgan fingerprint density at radius 1 is 0.875 bits per heavy atom. The Bertz CT molecular complexity index is 287. The van der Waals surface area contributed by atoms with Crippen molar-refractivity contribution in [3.05, 3.63) is 35.9 Å². The third-order valence-corrected chi connectivity index (χ3v) is 2.89. The van der Waals surface area contributed by atoms with E-state index in [4.69, 9.17) is 0 Å². The summed E-state index contributed by atoms with van der Waals surface area (Å²) in [4.78, 5) is 0. The first-order valence-electron chi connectivity index (χ1n) is 5.03. The molecule has 0 bridgehead atoms. The van der Waals surface area contributed by atoms with Crippen LogP contribution >= 0.6 is 0 Å². The molecule has 0 fully saturated rings. The fourth-order valence-corrected chi connectivity index (χ4v) is 1.68. The second-order valence-corrected chi connectivity index (χ2v) is 3.88. The van der Waals surface area contributed by atoms with Crippen LogP contribution in [0, 0.1) is 5.41 Å². The average Bonchev–Trinajstić information content (AvgIpc) is 2.37. The molecule has 0 aliphatic heterocycles. The summed E-state index contributed by atoms with van der Waals surface area (Å²) >= 11 is 0. The summed E-state index contributed by atoms with van der Waals surface area (Å²) in [5.41, 5.74) is -1.45. The number of hydrogen-bond acceptors (Lipinski definition) is 0. The van der Waals surface area contributed by atoms with Gasteiger partial charge in [-0.25, -0.2) is 0 Å². The van der Waals surface area contributed by atoms with Crippen LogP contribution in [0.2, 0.25) is 0 Å². The highest BCUT2D eigenvalue weighted by Gasteiger charge is 2.40. The molecule has 1 atom stereocenters. The summed E-state index contributed by atoms with van der Waals surface area (Å²) in [7, 11) is 0. The molecule has 0 aromatic heterocycles. The Hall–Kier alpha value is -1.06. The Kier molecular flexibility index (Phi) is 4.77. The SMILES string of the molecule is FCC(c1ccccc1)C(CF)(CF)CF. The van der Waals surface area contributed by atoms with Crippen LogP contribution in [0.5, 0.6) is 0 Å². The Balaban J connectivity index is 3.05. The maximum absolute atomic E-state index is 12.9. The van der Waals surface area contributed by atoms with E-state index < -0.39 is 38.0 Å². The zero-order chi connectivity index (χ0) is 12.0. The summed E-state index contributed by atoms with van der Waals surface area (Å²) in [5.74, 6) is -1.08. The van der Waals surface area contributed by atoms with E-state index in [1.165, 1.54) is 0 Å². The van der Waals surface area contributed by atoms with E-state index in [2.05, 4.69) is 0 Å². The van der Waals surface area contributed by atoms with Crippen molar-refractivity contribution in [1.82, 2.24) is 0 Å². The summed E-state index contributed by atoms with van der Waals surface area (Å²) in [5, 5.41) is 0. The Labute approximate surface area is 92.3 Å². The van der Waals surface area contributed by atoms with Crippen LogP contribution < -0.4 is 0 Å². The topological polar surface area (TPSA) is 0 Å². The van der Waals surface area contributed by atoms with E-state index in [1.807, 2.05) is 0 Å². The van der Waals surface area contributed by atoms with Gasteiger partial charge in [-0.1, -0.05) is 30.3 Å². The minimum atomic E-state index is -1.88. The number of alkyl halides is 4. The summed E-state index contributed by atoms with van der Waals surface area (Å²) < 4.78 is 51.3. The molecule has 90 valence electrons. The van der Waals surface area contributed by atoms with Gasteiger partial charge in [-0.15, -0.1) is 0 Å². The molecule has 0 spiro atoms. The highest BCUT2D eigenvalue weighted by Crippen LogP contribution is 2.38. The lowest BCUT2D eigenvalue weighted by Gasteiger charge is -2.32. The molecule has 0 heterocycles. The third kappa shape index (κ3) is 2.36. The van der Waals surface area contributed by atoms with Crippen LogP contribution in [-0.4, -0.2) is 26.7 Å². The van der Waals surface area contributed by atoms with Crippen LogP contribution in [0.25, 0.3) is 0 Å². The van der Waals surface area contributed by atoms with Gasteiger partial charge in [0.15, 0.2) is 0 Å². The summed E-state index contributed by atoms with van der Waals surface area (Å²) in [6, 6.07) is 8.09. The van der Waals surface area contributed by atoms with E-state index in [0.717, 1.165) is 0 Å². The van der Waals surface area contributed by atoms with Crippen molar-refractivity contribution in [2.24, 2.45) is 5.41 Å². The molecule has 1 aromatic rings. The molecule has 0 aliphatic rings. The smallest absolute Gasteiger partial charge is 0.101 e. The van der Waals surface area contributed by atoms with Gasteiger partial charge in [0, 0.05) is 5.92 Å². The molecule has 0 N–H and O–H groups in total. The van der Waals surface area contributed by atoms with Gasteiger partial charge in [-0.05, 0) is 5.56 Å². The van der Waals surface area contributed by atoms with E-state index in [-0.39, 0.29) is 0 Å². The lowest BCUT2D eigenvalue weighted by atomic mass is 9.75. The van der Waals surface area contributed by atoms with Gasteiger partial charge >= 0.3 is 0 Å². The van der Waals surface area contributed by atoms with Gasteiger partial charge < -0.3 is 0 Å². The quantitative estimate of drug-likeness (QED) is 0.659. The second-order valence-electron chi connectivity index (χ2n) is 3.88. The van der Waals surface area contributed by atoms with Crippen molar-refractivity contribution < 1.29 is 17.6 Å². The van der Waals surface area contributed by atoms with Crippen molar-refractivity contribution in [1.29, 1.82) is 0 Å². The molecule has 0 radical (unpaired) electrons. The minimum absolute atomic E-state index is 0.429. The maximum atomic E-state index is 12.9. The molecule has 1 rings (SSSR count). The van der Waals surface area contributed by atoms with Crippen LogP contribution in [0.4, 0.5) is 17.6 Å². The maximum Gasteiger partial charge on any atom is 0.101 e. The van der Waals surface area contributed by atoms with Crippen molar-refractivity contribution in [3.8, 4) is 0 Å². The number of halogens is 4. The van der Waals surface area contributed by atoms with Gasteiger partial charge in [-0.3, -0.25) is 17.6 Å². The van der Waals surface area contributed by atoms with E-state index in [0.29, 0.717) is 5.56 Å². The predicted molar refractivity (Wildman–Crippen MR) is 55.5 cm³/mol. The molecule has 16 heavy (non-hydrogen) atoms. The van der Waals surface area contributed by atoms with Crippen LogP contribution in [0.15, 0.2) is 30.3 Å². The molecule has 0 amide bonds. The first kappa shape index (κ1) is 13.0. The van der Waals surface area contributed by atoms with E-state index in [9.17, 15) is 17.6 Å². The first-order chi connectivity index (χ1) is 7.74. The number of benzene rings is 1. The van der Waals surface area contributed by atoms with Crippen molar-refractivity contribution >= 4 is 0 Å². The van der Waals surface area contributed by atoms with E-state index in [1.54, 1.807) is 30.3 Å². The van der Waals surface area contributed by atoms with Crippen molar-refractivity contribution in [2.75, 3.05) is 26.7 Å². The highest BCUT2D eigenvalue weighted by molar-refractivity contribution is 5.22. The fourth-order valence-electron chi connectivity index (χ4n) is 1.68. The fraction of sp³-hybridized carbons (Fsp3) is 0.500. The Morgan fingerprint density at radius 2 is 1.38 bits per heavy atom. The van der Waals surface area contributed by atoms with Crippen molar-refractivity contribution in [3.63, 3.8) is 0 Å². The van der Waals surface area contributed by atoms with Gasteiger partial charge in [0.25, 0.3) is 0 Å². The lowest BCUT2D eigenvalue weighted by Crippen LogP contribution is -2.37. The minimum Gasteiger partial charge on any atom is -0.250 e. The third-order valence-electron chi connectivity index (χ3n) is 2.89. The lowest BCUT2D eigenvalue weighted by molar-refractivity contribution is 0.0691. The molecular weight excluding hydrogens is 220 g/mol. The second kappa shape index (κ2) is 5.87. The normalized spacial score (nSPS) is 13.8. The molecule has 0 nitrogen and oxygen atoms in total. The molecule has 1 unspecified atom stereocenters. The predicted octanol–water partition coefficient (Wildman–Crippen LogP) is 3.63. The Morgan fingerprint density at radius 3 is 1.75 bits per heavy atom. The largest absolute Gasteiger partial charge is 0.250 e. The summed E-state index contributed by atoms with van der Waals surface area (Å²) in [6.45, 7) is -4.59. The first-order valence-corrected chi connectivity index (χ1v) is 5.03.